The van der Waals surface area contributed by atoms with Crippen molar-refractivity contribution in [1.82, 2.24) is 30.1 Å². The van der Waals surface area contributed by atoms with Gasteiger partial charge in [0, 0.05) is 18.7 Å². The molecule has 2 heterocycles. The summed E-state index contributed by atoms with van der Waals surface area (Å²) in [6.07, 6.45) is 1.36. The third kappa shape index (κ3) is 9.13. The Balaban J connectivity index is 1.63. The highest BCUT2D eigenvalue weighted by atomic mass is 32.1. The van der Waals surface area contributed by atoms with Crippen LogP contribution in [0.2, 0.25) is 0 Å². The van der Waals surface area contributed by atoms with E-state index in [4.69, 9.17) is 17.3 Å². The number of alkyl halides is 1. The van der Waals surface area contributed by atoms with Gasteiger partial charge in [0.25, 0.3) is 0 Å². The van der Waals surface area contributed by atoms with E-state index in [1.165, 1.54) is 13.8 Å². The molecule has 4 amide bonds. The highest BCUT2D eigenvalue weighted by Gasteiger charge is 2.59. The van der Waals surface area contributed by atoms with Crippen LogP contribution < -0.4 is 10.6 Å². The van der Waals surface area contributed by atoms with Gasteiger partial charge in [-0.15, -0.1) is 5.10 Å². The molecule has 0 aliphatic carbocycles. The van der Waals surface area contributed by atoms with E-state index in [1.807, 2.05) is 0 Å². The number of nitrogens with zero attached hydrogens (tertiary/aromatic N) is 5. The average molecular weight is 706 g/mol. The molecule has 16 nitrogen and oxygen atoms in total. The molecule has 1 aromatic heterocycles. The minimum atomic E-state index is -1.92. The lowest BCUT2D eigenvalue weighted by Gasteiger charge is -2.46. The predicted octanol–water partition coefficient (Wildman–Crippen LogP) is 2.99. The molecule has 266 valence electrons. The lowest BCUT2D eigenvalue weighted by molar-refractivity contribution is -0.170. The van der Waals surface area contributed by atoms with Gasteiger partial charge in [0.2, 0.25) is 11.8 Å². The molecule has 3 rings (SSSR count). The lowest BCUT2D eigenvalue weighted by Crippen LogP contribution is -2.70. The maximum Gasteiger partial charge on any atom is 0.335 e. The Hall–Kier alpha value is -5.00. The fourth-order valence-electron chi connectivity index (χ4n) is 5.56. The van der Waals surface area contributed by atoms with Crippen molar-refractivity contribution in [2.45, 2.75) is 83.7 Å². The average Bonchev–Trinajstić information content (AvgIpc) is 3.54. The number of aromatic nitrogens is 3. The van der Waals surface area contributed by atoms with Gasteiger partial charge in [0.05, 0.1) is 24.3 Å². The number of benzene rings is 1. The summed E-state index contributed by atoms with van der Waals surface area (Å²) in [5.41, 5.74) is 0.193. The number of thiocarbonyl (C=S) groups is 1. The number of unbranched alkanes of at least 4 members (excludes halogenated alkanes) is 1. The van der Waals surface area contributed by atoms with Gasteiger partial charge in [-0.1, -0.05) is 19.1 Å². The van der Waals surface area contributed by atoms with Crippen LogP contribution in [0.4, 0.5) is 14.9 Å². The topological polar surface area (TPSA) is 224 Å². The Labute approximate surface area is 286 Å². The molecule has 2 aromatic rings. The molecule has 1 fully saturated rings. The fraction of sp³-hybridized carbons (Fsp3) is 0.516. The van der Waals surface area contributed by atoms with Crippen molar-refractivity contribution in [2.24, 2.45) is 5.41 Å². The van der Waals surface area contributed by atoms with E-state index in [1.54, 1.807) is 35.1 Å². The van der Waals surface area contributed by atoms with Crippen molar-refractivity contribution in [3.05, 3.63) is 36.2 Å². The second-order valence-electron chi connectivity index (χ2n) is 11.4. The first-order chi connectivity index (χ1) is 23.3. The monoisotopic (exact) mass is 705 g/mol. The zero-order valence-corrected chi connectivity index (χ0v) is 27.9. The number of carbonyl (C=O) groups excluding carboxylic acids is 3. The van der Waals surface area contributed by atoms with Gasteiger partial charge in [0.1, 0.15) is 17.5 Å². The summed E-state index contributed by atoms with van der Waals surface area (Å²) in [4.78, 5) is 77.2. The SMILES string of the molecule is CCC1(CC)C(=O)N(C(CCCCNC(=S)Nc2ccc(-n3cc(CCCF)nn3)cc2)C(=O)O)C(=O)N(C(CCC(=O)O)C(=O)O)C1=O. The van der Waals surface area contributed by atoms with Crippen molar-refractivity contribution < 1.29 is 48.5 Å². The molecular weight excluding hydrogens is 665 g/mol. The molecule has 1 aromatic carbocycles. The number of rotatable bonds is 19. The van der Waals surface area contributed by atoms with E-state index in [0.29, 0.717) is 47.0 Å². The second-order valence-corrected chi connectivity index (χ2v) is 11.8. The molecule has 0 bridgehead atoms. The van der Waals surface area contributed by atoms with E-state index < -0.39 is 72.8 Å². The number of barbiturate groups is 1. The minimum absolute atomic E-state index is 0.140. The van der Waals surface area contributed by atoms with Crippen LogP contribution in [0, 0.1) is 5.41 Å². The zero-order valence-electron chi connectivity index (χ0n) is 27.1. The molecule has 2 unspecified atom stereocenters. The summed E-state index contributed by atoms with van der Waals surface area (Å²) in [5, 5.41) is 43.4. The van der Waals surface area contributed by atoms with Crippen LogP contribution >= 0.6 is 12.2 Å². The smallest absolute Gasteiger partial charge is 0.335 e. The van der Waals surface area contributed by atoms with Crippen LogP contribution in [-0.4, -0.2) is 106 Å². The van der Waals surface area contributed by atoms with E-state index in [-0.39, 0.29) is 30.8 Å². The normalized spacial score (nSPS) is 15.5. The maximum absolute atomic E-state index is 13.7. The third-order valence-electron chi connectivity index (χ3n) is 8.39. The lowest BCUT2D eigenvalue weighted by atomic mass is 9.77. The van der Waals surface area contributed by atoms with Gasteiger partial charge < -0.3 is 26.0 Å². The Morgan fingerprint density at radius 3 is 2.04 bits per heavy atom. The highest BCUT2D eigenvalue weighted by Crippen LogP contribution is 2.39. The number of aliphatic carboxylic acids is 3. The second kappa shape index (κ2) is 17.4. The Morgan fingerprint density at radius 2 is 1.51 bits per heavy atom. The van der Waals surface area contributed by atoms with Crippen molar-refractivity contribution >= 4 is 58.8 Å². The molecule has 0 saturated carbocycles. The quantitative estimate of drug-likeness (QED) is 0.0805. The summed E-state index contributed by atoms with van der Waals surface area (Å²) in [5.74, 6) is -6.67. The number of anilines is 1. The molecule has 0 radical (unpaired) electrons. The maximum atomic E-state index is 13.7. The van der Waals surface area contributed by atoms with Crippen LogP contribution in [0.3, 0.4) is 0 Å². The number of halogens is 1. The van der Waals surface area contributed by atoms with Crippen molar-refractivity contribution in [3.8, 4) is 5.69 Å². The molecule has 18 heteroatoms. The summed E-state index contributed by atoms with van der Waals surface area (Å²) >= 11 is 5.35. The van der Waals surface area contributed by atoms with E-state index in [9.17, 15) is 43.4 Å². The molecule has 1 aliphatic rings. The number of aryl methyl sites for hydroxylation is 1. The van der Waals surface area contributed by atoms with Gasteiger partial charge in [-0.3, -0.25) is 18.8 Å². The van der Waals surface area contributed by atoms with Gasteiger partial charge in [-0.25, -0.2) is 28.9 Å². The van der Waals surface area contributed by atoms with Crippen molar-refractivity contribution in [3.63, 3.8) is 0 Å². The standard InChI is InChI=1S/C31H40FN7O9S/c1-3-31(4-2)27(46)38(30(48)39(28(31)47)23(26(44)45)14-15-24(40)41)22(25(42)43)9-5-6-17-33-29(49)34-19-10-12-21(13-11-19)37-18-20(35-36-37)8-7-16-32/h10-13,18,22-23H,3-9,14-17H2,1-2H3,(H,40,41)(H,42,43)(H,44,45)(H2,33,34,49). The van der Waals surface area contributed by atoms with Gasteiger partial charge >= 0.3 is 23.9 Å². The molecule has 2 atom stereocenters. The molecule has 5 N–H and O–H groups in total. The number of imide groups is 2. The Kier molecular flexibility index (Phi) is 13.7. The Morgan fingerprint density at radius 1 is 0.918 bits per heavy atom. The number of amides is 4. The van der Waals surface area contributed by atoms with E-state index in [2.05, 4.69) is 20.9 Å². The van der Waals surface area contributed by atoms with Crippen molar-refractivity contribution in [2.75, 3.05) is 18.5 Å². The summed E-state index contributed by atoms with van der Waals surface area (Å²) < 4.78 is 14.0. The minimum Gasteiger partial charge on any atom is -0.481 e. The van der Waals surface area contributed by atoms with Gasteiger partial charge in [-0.2, -0.15) is 0 Å². The number of hydrogen-bond acceptors (Lipinski definition) is 9. The number of carboxylic acids is 3. The number of hydrogen-bond donors (Lipinski definition) is 5. The third-order valence-corrected chi connectivity index (χ3v) is 8.63. The zero-order chi connectivity index (χ0) is 36.3. The van der Waals surface area contributed by atoms with Crippen LogP contribution in [0.1, 0.15) is 70.9 Å². The van der Waals surface area contributed by atoms with Crippen LogP contribution in [0.15, 0.2) is 30.5 Å². The molecular formula is C31H40FN7O9S. The summed E-state index contributed by atoms with van der Waals surface area (Å²) in [6, 6.07) is 2.09. The molecule has 1 saturated heterocycles. The molecule has 49 heavy (non-hydrogen) atoms. The number of carboxylic acid groups (broad SMARTS) is 3. The van der Waals surface area contributed by atoms with Crippen LogP contribution in [-0.2, 0) is 30.4 Å². The number of nitrogens with one attached hydrogen (secondary N) is 2. The van der Waals surface area contributed by atoms with E-state index in [0.717, 1.165) is 5.69 Å². The van der Waals surface area contributed by atoms with Crippen LogP contribution in [0.25, 0.3) is 5.69 Å². The summed E-state index contributed by atoms with van der Waals surface area (Å²) in [6.45, 7) is 2.86. The summed E-state index contributed by atoms with van der Waals surface area (Å²) in [7, 11) is 0. The largest absolute Gasteiger partial charge is 0.481 e. The predicted molar refractivity (Wildman–Crippen MR) is 176 cm³/mol. The van der Waals surface area contributed by atoms with E-state index >= 15 is 0 Å². The Bertz CT molecular complexity index is 1550. The number of carbonyl (C=O) groups is 6. The highest BCUT2D eigenvalue weighted by molar-refractivity contribution is 7.80. The van der Waals surface area contributed by atoms with Gasteiger partial charge in [-0.05, 0) is 87.8 Å². The first-order valence-electron chi connectivity index (χ1n) is 15.8. The number of urea groups is 1. The molecule has 1 aliphatic heterocycles. The first-order valence-corrected chi connectivity index (χ1v) is 16.2. The van der Waals surface area contributed by atoms with Crippen LogP contribution in [0.5, 0.6) is 0 Å². The van der Waals surface area contributed by atoms with Crippen molar-refractivity contribution in [1.29, 1.82) is 0 Å². The fourth-order valence-corrected chi connectivity index (χ4v) is 5.78. The van der Waals surface area contributed by atoms with Gasteiger partial charge in [0.15, 0.2) is 5.11 Å². The first kappa shape index (κ1) is 38.4. The molecule has 0 spiro atoms.